The van der Waals surface area contributed by atoms with Gasteiger partial charge >= 0.3 is 0 Å². The minimum atomic E-state index is 0. The molecule has 1 aliphatic carbocycles. The summed E-state index contributed by atoms with van der Waals surface area (Å²) in [6.45, 7) is 0. The molecule has 0 amide bonds. The predicted octanol–water partition coefficient (Wildman–Crippen LogP) is 2.20. The number of hydrogen-bond acceptors (Lipinski definition) is 1. The second-order valence-corrected chi connectivity index (χ2v) is 2.40. The Morgan fingerprint density at radius 2 is 1.80 bits per heavy atom. The Bertz CT molecular complexity index is 147. The maximum atomic E-state index is 8.24. The maximum Gasteiger partial charge on any atom is 0 e. The molecule has 1 rings (SSSR count). The topological polar surface area (TPSA) is 23.8 Å². The van der Waals surface area contributed by atoms with Crippen LogP contribution in [0.2, 0.25) is 0 Å². The number of hydrogen-bond donors (Lipinski definition) is 0. The number of nitriles is 1. The van der Waals surface area contributed by atoms with Gasteiger partial charge in [0, 0.05) is 32.7 Å². The number of nitrogens with zero attached hydrogens (tertiary/aromatic N) is 1. The molecular weight excluding hydrogens is 199 g/mol. The second-order valence-electron chi connectivity index (χ2n) is 2.40. The first-order valence-corrected chi connectivity index (χ1v) is 3.43. The van der Waals surface area contributed by atoms with Gasteiger partial charge in [0.2, 0.25) is 0 Å². The second kappa shape index (κ2) is 6.07. The largest absolute Gasteiger partial charge is 0.387 e. The van der Waals surface area contributed by atoms with Crippen molar-refractivity contribution >= 4 is 0 Å². The fourth-order valence-electron chi connectivity index (χ4n) is 1.18. The molecule has 0 aromatic rings. The Balaban J connectivity index is 0.000000810. The van der Waals surface area contributed by atoms with E-state index in [1.807, 2.05) is 6.07 Å². The molecule has 0 aromatic carbocycles. The van der Waals surface area contributed by atoms with Crippen molar-refractivity contribution in [1.29, 1.82) is 5.26 Å². The smallest absolute Gasteiger partial charge is 0 e. The van der Waals surface area contributed by atoms with Crippen LogP contribution in [0.3, 0.4) is 0 Å². The van der Waals surface area contributed by atoms with E-state index in [1.54, 1.807) is 0 Å². The maximum absolute atomic E-state index is 8.24. The molecular formula is C8H10NY-. The van der Waals surface area contributed by atoms with Crippen molar-refractivity contribution in [3.8, 4) is 6.07 Å². The molecule has 1 fully saturated rings. The van der Waals surface area contributed by atoms with Crippen molar-refractivity contribution in [2.45, 2.75) is 32.1 Å². The van der Waals surface area contributed by atoms with E-state index in [4.69, 9.17) is 5.26 Å². The average Bonchev–Trinajstić information content (AvgIpc) is 1.91. The van der Waals surface area contributed by atoms with E-state index in [1.165, 1.54) is 24.8 Å². The first-order valence-electron chi connectivity index (χ1n) is 3.43. The van der Waals surface area contributed by atoms with E-state index in [2.05, 4.69) is 6.08 Å². The van der Waals surface area contributed by atoms with Gasteiger partial charge in [-0.15, -0.1) is 6.07 Å². The summed E-state index contributed by atoms with van der Waals surface area (Å²) < 4.78 is 0. The van der Waals surface area contributed by atoms with E-state index in [0.29, 0.717) is 0 Å². The van der Waals surface area contributed by atoms with Gasteiger partial charge in [-0.05, 0) is 0 Å². The molecule has 0 atom stereocenters. The molecule has 1 saturated carbocycles. The van der Waals surface area contributed by atoms with Gasteiger partial charge in [0.1, 0.15) is 0 Å². The summed E-state index contributed by atoms with van der Waals surface area (Å²) in [7, 11) is 0. The molecule has 10 heavy (non-hydrogen) atoms. The molecule has 1 nitrogen and oxygen atoms in total. The summed E-state index contributed by atoms with van der Waals surface area (Å²) in [6.07, 6.45) is 8.75. The SMILES string of the molecule is N#C[C-]=C1CCCCC1.[Y]. The summed E-state index contributed by atoms with van der Waals surface area (Å²) in [6, 6.07) is 1.95. The van der Waals surface area contributed by atoms with Crippen LogP contribution in [-0.2, 0) is 32.7 Å². The fraction of sp³-hybridized carbons (Fsp3) is 0.625. The summed E-state index contributed by atoms with van der Waals surface area (Å²) >= 11 is 0. The quantitative estimate of drug-likeness (QED) is 0.443. The van der Waals surface area contributed by atoms with Gasteiger partial charge in [-0.1, -0.05) is 32.1 Å². The van der Waals surface area contributed by atoms with Crippen LogP contribution < -0.4 is 0 Å². The average molecular weight is 209 g/mol. The molecule has 51 valence electrons. The minimum absolute atomic E-state index is 0. The Kier molecular flexibility index (Phi) is 6.27. The van der Waals surface area contributed by atoms with Crippen LogP contribution in [0.5, 0.6) is 0 Å². The zero-order chi connectivity index (χ0) is 6.53. The van der Waals surface area contributed by atoms with Gasteiger partial charge in [0.25, 0.3) is 0 Å². The van der Waals surface area contributed by atoms with Crippen molar-refractivity contribution in [1.82, 2.24) is 0 Å². The third-order valence-electron chi connectivity index (χ3n) is 1.69. The van der Waals surface area contributed by atoms with Crippen LogP contribution in [0.15, 0.2) is 5.57 Å². The van der Waals surface area contributed by atoms with Gasteiger partial charge in [-0.25, -0.2) is 10.8 Å². The Hall–Kier alpha value is 0.334. The van der Waals surface area contributed by atoms with Crippen LogP contribution in [0.4, 0.5) is 0 Å². The molecule has 0 aliphatic heterocycles. The van der Waals surface area contributed by atoms with E-state index >= 15 is 0 Å². The van der Waals surface area contributed by atoms with Gasteiger partial charge in [-0.2, -0.15) is 0 Å². The Morgan fingerprint density at radius 3 is 2.30 bits per heavy atom. The predicted molar refractivity (Wildman–Crippen MR) is 35.5 cm³/mol. The first-order chi connectivity index (χ1) is 4.43. The zero-order valence-corrected chi connectivity index (χ0v) is 8.90. The minimum Gasteiger partial charge on any atom is -0.387 e. The standard InChI is InChI=1S/C8H10N.Y/c9-7-6-8-4-2-1-3-5-8;/h1-5H2;/q-1;. The van der Waals surface area contributed by atoms with E-state index in [-0.39, 0.29) is 32.7 Å². The molecule has 1 aliphatic rings. The molecule has 0 aromatic heterocycles. The normalized spacial score (nSPS) is 16.9. The number of allylic oxidation sites excluding steroid dienone is 2. The monoisotopic (exact) mass is 209 g/mol. The van der Waals surface area contributed by atoms with Gasteiger partial charge in [-0.3, -0.25) is 0 Å². The van der Waals surface area contributed by atoms with Crippen molar-refractivity contribution in [3.05, 3.63) is 11.6 Å². The van der Waals surface area contributed by atoms with Crippen LogP contribution in [0.1, 0.15) is 32.1 Å². The molecule has 0 unspecified atom stereocenters. The van der Waals surface area contributed by atoms with Gasteiger partial charge in [0.15, 0.2) is 0 Å². The summed E-state index contributed by atoms with van der Waals surface area (Å²) in [4.78, 5) is 0. The Morgan fingerprint density at radius 1 is 1.20 bits per heavy atom. The molecule has 0 heterocycles. The van der Waals surface area contributed by atoms with Crippen molar-refractivity contribution in [2.24, 2.45) is 0 Å². The van der Waals surface area contributed by atoms with Crippen LogP contribution in [0, 0.1) is 17.4 Å². The summed E-state index contributed by atoms with van der Waals surface area (Å²) in [5.41, 5.74) is 1.23. The molecule has 0 saturated heterocycles. The van der Waals surface area contributed by atoms with Crippen molar-refractivity contribution < 1.29 is 32.7 Å². The summed E-state index contributed by atoms with van der Waals surface area (Å²) in [5.74, 6) is 0. The van der Waals surface area contributed by atoms with Gasteiger partial charge < -0.3 is 6.08 Å². The third-order valence-corrected chi connectivity index (χ3v) is 1.69. The third kappa shape index (κ3) is 3.49. The number of rotatable bonds is 0. The van der Waals surface area contributed by atoms with E-state index in [0.717, 1.165) is 12.8 Å². The summed E-state index contributed by atoms with van der Waals surface area (Å²) in [5, 5.41) is 8.24. The zero-order valence-electron chi connectivity index (χ0n) is 6.06. The molecule has 0 bridgehead atoms. The van der Waals surface area contributed by atoms with Crippen molar-refractivity contribution in [3.63, 3.8) is 0 Å². The van der Waals surface area contributed by atoms with Crippen LogP contribution >= 0.6 is 0 Å². The fourth-order valence-corrected chi connectivity index (χ4v) is 1.18. The van der Waals surface area contributed by atoms with Crippen LogP contribution in [0.25, 0.3) is 0 Å². The van der Waals surface area contributed by atoms with E-state index < -0.39 is 0 Å². The molecule has 2 heteroatoms. The molecule has 0 spiro atoms. The van der Waals surface area contributed by atoms with Gasteiger partial charge in [0.05, 0.1) is 0 Å². The first kappa shape index (κ1) is 10.3. The molecule has 0 N–H and O–H groups in total. The van der Waals surface area contributed by atoms with E-state index in [9.17, 15) is 0 Å². The Labute approximate surface area is 87.4 Å². The van der Waals surface area contributed by atoms with Crippen molar-refractivity contribution in [2.75, 3.05) is 0 Å². The van der Waals surface area contributed by atoms with Crippen LogP contribution in [-0.4, -0.2) is 0 Å². The molecule has 1 radical (unpaired) electrons.